The van der Waals surface area contributed by atoms with E-state index in [1.807, 2.05) is 4.90 Å². The highest BCUT2D eigenvalue weighted by atomic mass is 16.2. The van der Waals surface area contributed by atoms with Gasteiger partial charge >= 0.3 is 0 Å². The van der Waals surface area contributed by atoms with E-state index in [9.17, 15) is 4.79 Å². The van der Waals surface area contributed by atoms with Crippen LogP contribution in [0, 0.1) is 5.92 Å². The maximum Gasteiger partial charge on any atom is 0.236 e. The Morgan fingerprint density at radius 2 is 2.21 bits per heavy atom. The molecule has 0 saturated carbocycles. The van der Waals surface area contributed by atoms with Crippen LogP contribution in [0.5, 0.6) is 0 Å². The van der Waals surface area contributed by atoms with Crippen molar-refractivity contribution in [2.75, 3.05) is 19.6 Å². The van der Waals surface area contributed by atoms with Crippen LogP contribution in [0.2, 0.25) is 0 Å². The third kappa shape index (κ3) is 2.98. The van der Waals surface area contributed by atoms with Crippen molar-refractivity contribution in [3.8, 4) is 0 Å². The van der Waals surface area contributed by atoms with Crippen molar-refractivity contribution in [3.63, 3.8) is 0 Å². The number of rotatable bonds is 4. The summed E-state index contributed by atoms with van der Waals surface area (Å²) in [5.74, 6) is 0.926. The molecule has 0 aliphatic carbocycles. The molecule has 1 heterocycles. The molecule has 0 aromatic carbocycles. The number of nitrogens with one attached hydrogen (secondary N) is 1. The van der Waals surface area contributed by atoms with Gasteiger partial charge in [-0.2, -0.15) is 0 Å². The van der Waals surface area contributed by atoms with Crippen molar-refractivity contribution in [2.24, 2.45) is 5.92 Å². The first-order valence-corrected chi connectivity index (χ1v) is 5.65. The topological polar surface area (TPSA) is 32.3 Å². The van der Waals surface area contributed by atoms with E-state index in [1.54, 1.807) is 0 Å². The largest absolute Gasteiger partial charge is 0.339 e. The molecular formula is C11H22N2O. The van der Waals surface area contributed by atoms with Crippen LogP contribution in [0.4, 0.5) is 0 Å². The fourth-order valence-corrected chi connectivity index (χ4v) is 2.12. The molecule has 0 spiro atoms. The van der Waals surface area contributed by atoms with Crippen LogP contribution in [0.15, 0.2) is 0 Å². The fourth-order valence-electron chi connectivity index (χ4n) is 2.12. The van der Waals surface area contributed by atoms with E-state index in [2.05, 4.69) is 26.1 Å². The highest BCUT2D eigenvalue weighted by Crippen LogP contribution is 2.21. The van der Waals surface area contributed by atoms with E-state index < -0.39 is 0 Å². The molecule has 82 valence electrons. The molecule has 1 N–H and O–H groups in total. The van der Waals surface area contributed by atoms with Crippen LogP contribution in [0.3, 0.4) is 0 Å². The fraction of sp³-hybridized carbons (Fsp3) is 0.909. The van der Waals surface area contributed by atoms with Gasteiger partial charge in [-0.1, -0.05) is 13.8 Å². The zero-order valence-electron chi connectivity index (χ0n) is 9.55. The van der Waals surface area contributed by atoms with E-state index in [1.165, 1.54) is 0 Å². The van der Waals surface area contributed by atoms with Gasteiger partial charge in [-0.25, -0.2) is 0 Å². The van der Waals surface area contributed by atoms with Crippen LogP contribution < -0.4 is 5.32 Å². The van der Waals surface area contributed by atoms with Gasteiger partial charge in [0, 0.05) is 12.6 Å². The lowest BCUT2D eigenvalue weighted by molar-refractivity contribution is -0.130. The summed E-state index contributed by atoms with van der Waals surface area (Å²) in [5.41, 5.74) is 0. The maximum atomic E-state index is 11.7. The minimum Gasteiger partial charge on any atom is -0.339 e. The van der Waals surface area contributed by atoms with Crippen molar-refractivity contribution in [1.82, 2.24) is 10.2 Å². The molecule has 0 aromatic heterocycles. The molecule has 1 aliphatic heterocycles. The molecule has 0 bridgehead atoms. The van der Waals surface area contributed by atoms with E-state index in [4.69, 9.17) is 0 Å². The van der Waals surface area contributed by atoms with Gasteiger partial charge in [0.25, 0.3) is 0 Å². The summed E-state index contributed by atoms with van der Waals surface area (Å²) >= 11 is 0. The van der Waals surface area contributed by atoms with Gasteiger partial charge in [0.05, 0.1) is 6.54 Å². The normalized spacial score (nSPS) is 26.9. The molecule has 0 aromatic rings. The first-order valence-electron chi connectivity index (χ1n) is 5.65. The smallest absolute Gasteiger partial charge is 0.236 e. The molecule has 1 amide bonds. The molecule has 0 radical (unpaired) electrons. The predicted molar refractivity (Wildman–Crippen MR) is 58.1 cm³/mol. The van der Waals surface area contributed by atoms with Gasteiger partial charge in [0.2, 0.25) is 5.91 Å². The van der Waals surface area contributed by atoms with Crippen molar-refractivity contribution >= 4 is 5.91 Å². The third-order valence-electron chi connectivity index (χ3n) is 2.81. The van der Waals surface area contributed by atoms with Gasteiger partial charge < -0.3 is 10.2 Å². The van der Waals surface area contributed by atoms with E-state index in [-0.39, 0.29) is 5.91 Å². The number of nitrogens with zero attached hydrogens (tertiary/aromatic N) is 1. The average molecular weight is 198 g/mol. The molecule has 2 unspecified atom stereocenters. The first-order chi connectivity index (χ1) is 6.65. The van der Waals surface area contributed by atoms with E-state index in [0.29, 0.717) is 18.5 Å². The lowest BCUT2D eigenvalue weighted by Crippen LogP contribution is -2.40. The van der Waals surface area contributed by atoms with Crippen LogP contribution >= 0.6 is 0 Å². The highest BCUT2D eigenvalue weighted by Gasteiger charge is 2.29. The van der Waals surface area contributed by atoms with Crippen molar-refractivity contribution in [3.05, 3.63) is 0 Å². The monoisotopic (exact) mass is 198 g/mol. The van der Waals surface area contributed by atoms with Crippen molar-refractivity contribution < 1.29 is 4.79 Å². The second-order valence-corrected chi connectivity index (χ2v) is 4.41. The minimum absolute atomic E-state index is 0.260. The summed E-state index contributed by atoms with van der Waals surface area (Å²) in [6, 6.07) is 0.431. The van der Waals surface area contributed by atoms with Crippen molar-refractivity contribution in [1.29, 1.82) is 0 Å². The Hall–Kier alpha value is -0.570. The Morgan fingerprint density at radius 1 is 1.50 bits per heavy atom. The minimum atomic E-state index is 0.260. The Kier molecular flexibility index (Phi) is 4.39. The standard InChI is InChI=1S/C11H22N2O/c1-4-5-12-7-11(14)13-8-9(2)6-10(13)3/h9-10,12H,4-8H2,1-3H3. The predicted octanol–water partition coefficient (Wildman–Crippen LogP) is 1.24. The molecular weight excluding hydrogens is 176 g/mol. The van der Waals surface area contributed by atoms with Gasteiger partial charge in [-0.05, 0) is 32.2 Å². The Balaban J connectivity index is 2.30. The zero-order chi connectivity index (χ0) is 10.6. The summed E-state index contributed by atoms with van der Waals surface area (Å²) < 4.78 is 0. The van der Waals surface area contributed by atoms with Crippen LogP contribution in [0.25, 0.3) is 0 Å². The first kappa shape index (κ1) is 11.5. The molecule has 14 heavy (non-hydrogen) atoms. The molecule has 1 aliphatic rings. The van der Waals surface area contributed by atoms with Crippen LogP contribution in [-0.4, -0.2) is 36.5 Å². The van der Waals surface area contributed by atoms with Gasteiger partial charge in [-0.15, -0.1) is 0 Å². The lowest BCUT2D eigenvalue weighted by Gasteiger charge is -2.21. The summed E-state index contributed by atoms with van der Waals surface area (Å²) in [7, 11) is 0. The van der Waals surface area contributed by atoms with Crippen LogP contribution in [-0.2, 0) is 4.79 Å². The molecule has 3 heteroatoms. The summed E-state index contributed by atoms with van der Waals surface area (Å²) in [6.07, 6.45) is 2.23. The number of amides is 1. The van der Waals surface area contributed by atoms with Crippen molar-refractivity contribution in [2.45, 2.75) is 39.7 Å². The SMILES string of the molecule is CCCNCC(=O)N1CC(C)CC1C. The number of carbonyl (C=O) groups is 1. The third-order valence-corrected chi connectivity index (χ3v) is 2.81. The molecule has 1 fully saturated rings. The summed E-state index contributed by atoms with van der Waals surface area (Å²) in [6.45, 7) is 8.84. The van der Waals surface area contributed by atoms with Gasteiger partial charge in [0.15, 0.2) is 0 Å². The number of likely N-dealkylation sites (tertiary alicyclic amines) is 1. The number of carbonyl (C=O) groups excluding carboxylic acids is 1. The molecule has 2 atom stereocenters. The Bertz CT molecular complexity index is 194. The van der Waals surface area contributed by atoms with Gasteiger partial charge in [-0.3, -0.25) is 4.79 Å². The highest BCUT2D eigenvalue weighted by molar-refractivity contribution is 5.78. The maximum absolute atomic E-state index is 11.7. The second kappa shape index (κ2) is 5.35. The zero-order valence-corrected chi connectivity index (χ0v) is 9.55. The molecule has 1 rings (SSSR count). The Labute approximate surface area is 86.9 Å². The summed E-state index contributed by atoms with van der Waals surface area (Å²) in [4.78, 5) is 13.7. The number of hydrogen-bond acceptors (Lipinski definition) is 2. The quantitative estimate of drug-likeness (QED) is 0.689. The lowest BCUT2D eigenvalue weighted by atomic mass is 10.1. The Morgan fingerprint density at radius 3 is 2.71 bits per heavy atom. The average Bonchev–Trinajstić information content (AvgIpc) is 2.45. The second-order valence-electron chi connectivity index (χ2n) is 4.41. The number of hydrogen-bond donors (Lipinski definition) is 1. The van der Waals surface area contributed by atoms with Gasteiger partial charge in [0.1, 0.15) is 0 Å². The van der Waals surface area contributed by atoms with E-state index >= 15 is 0 Å². The van der Waals surface area contributed by atoms with Crippen LogP contribution in [0.1, 0.15) is 33.6 Å². The molecule has 3 nitrogen and oxygen atoms in total. The summed E-state index contributed by atoms with van der Waals surface area (Å²) in [5, 5.41) is 3.16. The molecule has 1 saturated heterocycles. The van der Waals surface area contributed by atoms with E-state index in [0.717, 1.165) is 25.9 Å².